The number of likely N-dealkylation sites (N-methyl/N-ethyl adjacent to an activating group) is 1. The molecule has 0 spiro atoms. The Morgan fingerprint density at radius 3 is 3.00 bits per heavy atom. The summed E-state index contributed by atoms with van der Waals surface area (Å²) in [5.41, 5.74) is 0.167. The molecule has 1 N–H and O–H groups in total. The molecule has 21 heavy (non-hydrogen) atoms. The lowest BCUT2D eigenvalue weighted by Gasteiger charge is -2.14. The number of hydrogen-bond donors (Lipinski definition) is 1. The van der Waals surface area contributed by atoms with Crippen LogP contribution in [0.2, 0.25) is 0 Å². The van der Waals surface area contributed by atoms with Gasteiger partial charge < -0.3 is 4.90 Å². The van der Waals surface area contributed by atoms with Crippen LogP contribution in [0, 0.1) is 0 Å². The first-order valence-electron chi connectivity index (χ1n) is 6.27. The highest BCUT2D eigenvalue weighted by Gasteiger charge is 2.15. The monoisotopic (exact) mass is 287 g/mol. The molecule has 0 radical (unpaired) electrons. The molecule has 0 aliphatic heterocycles. The van der Waals surface area contributed by atoms with Crippen LogP contribution in [-0.2, 0) is 17.9 Å². The maximum Gasteiger partial charge on any atom is 0.350 e. The van der Waals surface area contributed by atoms with Gasteiger partial charge in [-0.05, 0) is 12.1 Å². The van der Waals surface area contributed by atoms with E-state index in [0.717, 1.165) is 4.68 Å². The fourth-order valence-corrected chi connectivity index (χ4v) is 1.94. The summed E-state index contributed by atoms with van der Waals surface area (Å²) in [5.74, 6) is 0.338. The van der Waals surface area contributed by atoms with E-state index in [4.69, 9.17) is 0 Å². The predicted molar refractivity (Wildman–Crippen MR) is 72.3 cm³/mol. The Hall–Kier alpha value is -2.97. The Balaban J connectivity index is 1.77. The van der Waals surface area contributed by atoms with E-state index in [2.05, 4.69) is 20.3 Å². The van der Waals surface area contributed by atoms with E-state index in [-0.39, 0.29) is 18.1 Å². The van der Waals surface area contributed by atoms with Crippen molar-refractivity contribution in [3.63, 3.8) is 0 Å². The van der Waals surface area contributed by atoms with Crippen molar-refractivity contribution < 1.29 is 4.79 Å². The van der Waals surface area contributed by atoms with Gasteiger partial charge in [-0.25, -0.2) is 14.5 Å². The summed E-state index contributed by atoms with van der Waals surface area (Å²) >= 11 is 0. The Bertz CT molecular complexity index is 818. The number of carbonyl (C=O) groups is 1. The highest BCUT2D eigenvalue weighted by molar-refractivity contribution is 5.75. The van der Waals surface area contributed by atoms with E-state index in [1.807, 2.05) is 0 Å². The summed E-state index contributed by atoms with van der Waals surface area (Å²) in [6.45, 7) is 0.173. The Morgan fingerprint density at radius 1 is 1.43 bits per heavy atom. The normalized spacial score (nSPS) is 10.9. The van der Waals surface area contributed by atoms with Crippen LogP contribution in [0.15, 0.2) is 35.5 Å². The summed E-state index contributed by atoms with van der Waals surface area (Å²) in [6.07, 6.45) is 2.99. The molecule has 1 amide bonds. The van der Waals surface area contributed by atoms with E-state index < -0.39 is 0 Å². The number of rotatable bonds is 4. The summed E-state index contributed by atoms with van der Waals surface area (Å²) in [6, 6.07) is 5.23. The third-order valence-electron chi connectivity index (χ3n) is 3.05. The first kappa shape index (κ1) is 13.0. The molecule has 3 rings (SSSR count). The molecule has 3 heterocycles. The molecule has 0 aliphatic rings. The predicted octanol–water partition coefficient (Wildman–Crippen LogP) is -0.727. The second-order valence-corrected chi connectivity index (χ2v) is 4.55. The Kier molecular flexibility index (Phi) is 3.22. The van der Waals surface area contributed by atoms with Crippen molar-refractivity contribution in [1.82, 2.24) is 34.3 Å². The number of hydrogen-bond acceptors (Lipinski definition) is 5. The van der Waals surface area contributed by atoms with Crippen molar-refractivity contribution in [1.29, 1.82) is 0 Å². The molecule has 0 unspecified atom stereocenters. The van der Waals surface area contributed by atoms with Crippen LogP contribution in [-0.4, -0.2) is 47.2 Å². The lowest BCUT2D eigenvalue weighted by molar-refractivity contribution is -0.131. The van der Waals surface area contributed by atoms with E-state index in [1.165, 1.54) is 15.6 Å². The zero-order valence-corrected chi connectivity index (χ0v) is 11.3. The van der Waals surface area contributed by atoms with Crippen molar-refractivity contribution in [3.8, 4) is 0 Å². The van der Waals surface area contributed by atoms with Crippen LogP contribution in [0.3, 0.4) is 0 Å². The summed E-state index contributed by atoms with van der Waals surface area (Å²) in [4.78, 5) is 29.6. The molecule has 0 fully saturated rings. The van der Waals surface area contributed by atoms with E-state index in [9.17, 15) is 9.59 Å². The summed E-state index contributed by atoms with van der Waals surface area (Å²) in [5, 5.41) is 10.5. The van der Waals surface area contributed by atoms with Gasteiger partial charge in [0.15, 0.2) is 5.65 Å². The van der Waals surface area contributed by atoms with Crippen molar-refractivity contribution in [2.45, 2.75) is 13.1 Å². The standard InChI is InChI=1S/C12H13N7O2/c1-17(6-9-13-8-14-15-9)11(20)7-19-12(21)18-5-3-2-4-10(18)16-19/h2-5,8H,6-7H2,1H3,(H,13,14,15). The van der Waals surface area contributed by atoms with Gasteiger partial charge in [0.2, 0.25) is 5.91 Å². The van der Waals surface area contributed by atoms with E-state index in [1.54, 1.807) is 31.4 Å². The highest BCUT2D eigenvalue weighted by atomic mass is 16.2. The van der Waals surface area contributed by atoms with Gasteiger partial charge in [0, 0.05) is 13.2 Å². The number of carbonyl (C=O) groups excluding carboxylic acids is 1. The second-order valence-electron chi connectivity index (χ2n) is 4.55. The number of aromatic nitrogens is 6. The quantitative estimate of drug-likeness (QED) is 0.682. The first-order valence-corrected chi connectivity index (χ1v) is 6.27. The Labute approximate surface area is 118 Å². The van der Waals surface area contributed by atoms with Crippen LogP contribution in [0.5, 0.6) is 0 Å². The molecule has 0 saturated heterocycles. The van der Waals surface area contributed by atoms with Gasteiger partial charge in [0.1, 0.15) is 18.7 Å². The summed E-state index contributed by atoms with van der Waals surface area (Å²) in [7, 11) is 1.63. The molecular weight excluding hydrogens is 274 g/mol. The molecule has 9 heteroatoms. The lowest BCUT2D eigenvalue weighted by atomic mass is 10.4. The third kappa shape index (κ3) is 2.53. The van der Waals surface area contributed by atoms with Gasteiger partial charge in [0.25, 0.3) is 0 Å². The minimum absolute atomic E-state index is 0.120. The lowest BCUT2D eigenvalue weighted by Crippen LogP contribution is -2.34. The number of nitrogens with one attached hydrogen (secondary N) is 1. The Morgan fingerprint density at radius 2 is 2.29 bits per heavy atom. The number of amides is 1. The van der Waals surface area contributed by atoms with E-state index >= 15 is 0 Å². The van der Waals surface area contributed by atoms with Gasteiger partial charge in [0.05, 0.1) is 6.54 Å². The molecule has 3 aromatic rings. The van der Waals surface area contributed by atoms with Crippen LogP contribution in [0.1, 0.15) is 5.82 Å². The average molecular weight is 287 g/mol. The molecule has 0 aliphatic carbocycles. The number of pyridine rings is 1. The van der Waals surface area contributed by atoms with Crippen LogP contribution < -0.4 is 5.69 Å². The average Bonchev–Trinajstić information content (AvgIpc) is 3.08. The van der Waals surface area contributed by atoms with E-state index in [0.29, 0.717) is 18.0 Å². The molecule has 108 valence electrons. The number of fused-ring (bicyclic) bond motifs is 1. The fraction of sp³-hybridized carbons (Fsp3) is 0.250. The van der Waals surface area contributed by atoms with Gasteiger partial charge >= 0.3 is 5.69 Å². The number of nitrogens with zero attached hydrogens (tertiary/aromatic N) is 6. The highest BCUT2D eigenvalue weighted by Crippen LogP contribution is 1.98. The van der Waals surface area contributed by atoms with Crippen molar-refractivity contribution >= 4 is 11.6 Å². The second kappa shape index (κ2) is 5.19. The zero-order valence-electron chi connectivity index (χ0n) is 11.3. The molecule has 9 nitrogen and oxygen atoms in total. The molecule has 3 aromatic heterocycles. The molecule has 0 bridgehead atoms. The first-order chi connectivity index (χ1) is 10.1. The van der Waals surface area contributed by atoms with Crippen molar-refractivity contribution in [3.05, 3.63) is 47.0 Å². The molecule has 0 atom stereocenters. The summed E-state index contributed by atoms with van der Waals surface area (Å²) < 4.78 is 2.54. The van der Waals surface area contributed by atoms with Gasteiger partial charge in [-0.1, -0.05) is 6.07 Å². The zero-order chi connectivity index (χ0) is 14.8. The smallest absolute Gasteiger partial charge is 0.337 e. The topological polar surface area (TPSA) is 101 Å². The van der Waals surface area contributed by atoms with Crippen LogP contribution in [0.4, 0.5) is 0 Å². The largest absolute Gasteiger partial charge is 0.350 e. The maximum atomic E-state index is 12.1. The maximum absolute atomic E-state index is 12.1. The van der Waals surface area contributed by atoms with Crippen molar-refractivity contribution in [2.75, 3.05) is 7.05 Å². The number of H-pyrrole nitrogens is 1. The SMILES string of the molecule is CN(Cc1ncn[nH]1)C(=O)Cn1nc2ccccn2c1=O. The van der Waals surface area contributed by atoms with Crippen molar-refractivity contribution in [2.24, 2.45) is 0 Å². The minimum Gasteiger partial charge on any atom is -0.337 e. The molecular formula is C12H13N7O2. The number of aromatic amines is 1. The minimum atomic E-state index is -0.341. The van der Waals surface area contributed by atoms with Crippen LogP contribution in [0.25, 0.3) is 5.65 Å². The molecule has 0 saturated carbocycles. The third-order valence-corrected chi connectivity index (χ3v) is 3.05. The van der Waals surface area contributed by atoms with Gasteiger partial charge in [-0.3, -0.25) is 14.3 Å². The molecule has 0 aromatic carbocycles. The van der Waals surface area contributed by atoms with Crippen LogP contribution >= 0.6 is 0 Å². The van der Waals surface area contributed by atoms with Gasteiger partial charge in [-0.15, -0.1) is 5.10 Å². The van der Waals surface area contributed by atoms with Gasteiger partial charge in [-0.2, -0.15) is 5.10 Å². The fourth-order valence-electron chi connectivity index (χ4n) is 1.94.